The second-order valence-corrected chi connectivity index (χ2v) is 8.53. The van der Waals surface area contributed by atoms with Gasteiger partial charge in [-0.25, -0.2) is 9.97 Å². The van der Waals surface area contributed by atoms with Crippen LogP contribution in [-0.4, -0.2) is 50.8 Å². The number of nitriles is 1. The number of aromatic nitrogens is 4. The van der Waals surface area contributed by atoms with E-state index in [4.69, 9.17) is 9.47 Å². The topological polar surface area (TPSA) is 118 Å². The Morgan fingerprint density at radius 2 is 2.12 bits per heavy atom. The molecule has 1 aliphatic carbocycles. The SMILES string of the molecule is N#Cc1cc(-c2ccnc(Nc3cnn(CC4CC4CO)c3)n2)ccc1OC1CCOCC1. The van der Waals surface area contributed by atoms with Crippen molar-refractivity contribution < 1.29 is 14.6 Å². The lowest BCUT2D eigenvalue weighted by Crippen LogP contribution is -2.26. The predicted octanol–water partition coefficient (Wildman–Crippen LogP) is 3.14. The maximum Gasteiger partial charge on any atom is 0.227 e. The molecule has 2 fully saturated rings. The van der Waals surface area contributed by atoms with Crippen molar-refractivity contribution in [2.45, 2.75) is 31.9 Å². The maximum absolute atomic E-state index is 9.65. The van der Waals surface area contributed by atoms with Crippen molar-refractivity contribution in [1.82, 2.24) is 19.7 Å². The summed E-state index contributed by atoms with van der Waals surface area (Å²) < 4.78 is 13.3. The van der Waals surface area contributed by atoms with Crippen molar-refractivity contribution in [2.24, 2.45) is 11.8 Å². The van der Waals surface area contributed by atoms with Gasteiger partial charge in [0, 0.05) is 44.0 Å². The summed E-state index contributed by atoms with van der Waals surface area (Å²) in [6, 6.07) is 9.59. The first kappa shape index (κ1) is 21.4. The Morgan fingerprint density at radius 1 is 1.24 bits per heavy atom. The minimum Gasteiger partial charge on any atom is -0.489 e. The lowest BCUT2D eigenvalue weighted by Gasteiger charge is -2.23. The number of rotatable bonds is 8. The molecule has 5 rings (SSSR count). The Balaban J connectivity index is 1.27. The Morgan fingerprint density at radius 3 is 2.91 bits per heavy atom. The van der Waals surface area contributed by atoms with Crippen LogP contribution in [-0.2, 0) is 11.3 Å². The molecule has 2 N–H and O–H groups in total. The number of nitrogens with one attached hydrogen (secondary N) is 1. The van der Waals surface area contributed by atoms with Crippen molar-refractivity contribution in [3.05, 3.63) is 48.4 Å². The fourth-order valence-corrected chi connectivity index (χ4v) is 4.09. The summed E-state index contributed by atoms with van der Waals surface area (Å²) in [5.41, 5.74) is 2.80. The van der Waals surface area contributed by atoms with E-state index in [9.17, 15) is 10.4 Å². The highest BCUT2D eigenvalue weighted by atomic mass is 16.5. The van der Waals surface area contributed by atoms with Crippen LogP contribution in [0.3, 0.4) is 0 Å². The average molecular weight is 447 g/mol. The first-order valence-electron chi connectivity index (χ1n) is 11.2. The van der Waals surface area contributed by atoms with E-state index in [2.05, 4.69) is 26.5 Å². The fraction of sp³-hybridized carbons (Fsp3) is 0.417. The van der Waals surface area contributed by atoms with Crippen molar-refractivity contribution in [3.8, 4) is 23.1 Å². The summed E-state index contributed by atoms with van der Waals surface area (Å²) >= 11 is 0. The molecule has 0 bridgehead atoms. The van der Waals surface area contributed by atoms with Gasteiger partial charge in [-0.1, -0.05) is 0 Å². The van der Waals surface area contributed by atoms with Gasteiger partial charge in [-0.2, -0.15) is 10.4 Å². The van der Waals surface area contributed by atoms with Crippen LogP contribution in [0.5, 0.6) is 5.75 Å². The zero-order chi connectivity index (χ0) is 22.6. The molecule has 1 saturated heterocycles. The second-order valence-electron chi connectivity index (χ2n) is 8.53. The van der Waals surface area contributed by atoms with E-state index in [0.29, 0.717) is 48.0 Å². The quantitative estimate of drug-likeness (QED) is 0.542. The van der Waals surface area contributed by atoms with Crippen LogP contribution in [0, 0.1) is 23.2 Å². The van der Waals surface area contributed by atoms with E-state index in [-0.39, 0.29) is 12.7 Å². The minimum atomic E-state index is 0.0712. The number of nitrogens with zero attached hydrogens (tertiary/aromatic N) is 5. The third kappa shape index (κ3) is 5.13. The summed E-state index contributed by atoms with van der Waals surface area (Å²) in [5.74, 6) is 1.94. The first-order valence-corrected chi connectivity index (χ1v) is 11.2. The molecule has 0 amide bonds. The van der Waals surface area contributed by atoms with Crippen molar-refractivity contribution in [2.75, 3.05) is 25.1 Å². The van der Waals surface area contributed by atoms with E-state index in [1.165, 1.54) is 0 Å². The van der Waals surface area contributed by atoms with Gasteiger partial charge < -0.3 is 19.9 Å². The summed E-state index contributed by atoms with van der Waals surface area (Å²) in [5, 5.41) is 26.4. The number of anilines is 2. The summed E-state index contributed by atoms with van der Waals surface area (Å²) in [6.45, 7) is 2.41. The molecule has 1 saturated carbocycles. The van der Waals surface area contributed by atoms with Gasteiger partial charge in [-0.15, -0.1) is 0 Å². The van der Waals surface area contributed by atoms with Gasteiger partial charge in [-0.05, 0) is 42.5 Å². The van der Waals surface area contributed by atoms with Crippen LogP contribution in [0.25, 0.3) is 11.3 Å². The van der Waals surface area contributed by atoms with E-state index in [1.54, 1.807) is 18.5 Å². The minimum absolute atomic E-state index is 0.0712. The average Bonchev–Trinajstić information content (AvgIpc) is 3.47. The Kier molecular flexibility index (Phi) is 6.19. The van der Waals surface area contributed by atoms with E-state index in [0.717, 1.165) is 37.1 Å². The van der Waals surface area contributed by atoms with Gasteiger partial charge in [0.2, 0.25) is 5.95 Å². The van der Waals surface area contributed by atoms with Gasteiger partial charge in [-0.3, -0.25) is 4.68 Å². The summed E-state index contributed by atoms with van der Waals surface area (Å²) in [4.78, 5) is 8.92. The van der Waals surface area contributed by atoms with Crippen LogP contribution in [0.4, 0.5) is 11.6 Å². The molecule has 9 nitrogen and oxygen atoms in total. The highest BCUT2D eigenvalue weighted by Gasteiger charge is 2.36. The number of aliphatic hydroxyl groups excluding tert-OH is 1. The molecular weight excluding hydrogens is 420 g/mol. The largest absolute Gasteiger partial charge is 0.489 e. The smallest absolute Gasteiger partial charge is 0.227 e. The van der Waals surface area contributed by atoms with Crippen LogP contribution in [0.2, 0.25) is 0 Å². The second kappa shape index (κ2) is 9.57. The Bertz CT molecular complexity index is 1150. The summed E-state index contributed by atoms with van der Waals surface area (Å²) in [6.07, 6.45) is 8.11. The molecule has 2 atom stereocenters. The lowest BCUT2D eigenvalue weighted by atomic mass is 10.1. The molecule has 2 aromatic heterocycles. The number of benzene rings is 1. The molecule has 170 valence electrons. The Hall–Kier alpha value is -3.48. The third-order valence-corrected chi connectivity index (χ3v) is 6.13. The van der Waals surface area contributed by atoms with E-state index >= 15 is 0 Å². The normalized spacial score (nSPS) is 20.2. The maximum atomic E-state index is 9.65. The van der Waals surface area contributed by atoms with E-state index in [1.807, 2.05) is 29.1 Å². The zero-order valence-corrected chi connectivity index (χ0v) is 18.2. The van der Waals surface area contributed by atoms with Crippen molar-refractivity contribution in [3.63, 3.8) is 0 Å². The van der Waals surface area contributed by atoms with Gasteiger partial charge in [0.05, 0.1) is 36.4 Å². The molecule has 2 unspecified atom stereocenters. The molecule has 3 heterocycles. The highest BCUT2D eigenvalue weighted by molar-refractivity contribution is 5.65. The molecule has 3 aromatic rings. The van der Waals surface area contributed by atoms with Gasteiger partial charge in [0.25, 0.3) is 0 Å². The lowest BCUT2D eigenvalue weighted by molar-refractivity contribution is 0.0254. The molecule has 9 heteroatoms. The van der Waals surface area contributed by atoms with Gasteiger partial charge in [0.15, 0.2) is 0 Å². The van der Waals surface area contributed by atoms with Gasteiger partial charge >= 0.3 is 0 Å². The molecule has 0 radical (unpaired) electrons. The molecule has 1 aromatic carbocycles. The predicted molar refractivity (Wildman–Crippen MR) is 121 cm³/mol. The standard InChI is InChI=1S/C24H26N6O3/c25-11-17-9-16(1-2-23(17)33-21-4-7-32-8-5-21)22-3-6-26-24(29-22)28-20-12-27-30(14-20)13-18-10-19(18)15-31/h1-3,6,9,12,14,18-19,21,31H,4-5,7-8,10,13,15H2,(H,26,28,29). The first-order chi connectivity index (χ1) is 16.2. The van der Waals surface area contributed by atoms with Gasteiger partial charge in [0.1, 0.15) is 17.9 Å². The fourth-order valence-electron chi connectivity index (χ4n) is 4.09. The van der Waals surface area contributed by atoms with Crippen LogP contribution in [0.15, 0.2) is 42.9 Å². The van der Waals surface area contributed by atoms with Crippen molar-refractivity contribution in [1.29, 1.82) is 5.26 Å². The number of aliphatic hydroxyl groups is 1. The molecule has 2 aliphatic rings. The zero-order valence-electron chi connectivity index (χ0n) is 18.2. The Labute approximate surface area is 192 Å². The number of hydrogen-bond donors (Lipinski definition) is 2. The molecule has 1 aliphatic heterocycles. The van der Waals surface area contributed by atoms with Crippen LogP contribution in [0.1, 0.15) is 24.8 Å². The number of hydrogen-bond acceptors (Lipinski definition) is 8. The summed E-state index contributed by atoms with van der Waals surface area (Å²) in [7, 11) is 0. The van der Waals surface area contributed by atoms with E-state index < -0.39 is 0 Å². The highest BCUT2D eigenvalue weighted by Crippen LogP contribution is 2.39. The molecule has 33 heavy (non-hydrogen) atoms. The number of ether oxygens (including phenoxy) is 2. The molecule has 0 spiro atoms. The van der Waals surface area contributed by atoms with Crippen molar-refractivity contribution >= 4 is 11.6 Å². The van der Waals surface area contributed by atoms with Crippen LogP contribution < -0.4 is 10.1 Å². The third-order valence-electron chi connectivity index (χ3n) is 6.13. The molecular formula is C24H26N6O3. The monoisotopic (exact) mass is 446 g/mol. The van der Waals surface area contributed by atoms with Crippen LogP contribution >= 0.6 is 0 Å².